The van der Waals surface area contributed by atoms with Crippen LogP contribution in [0.1, 0.15) is 6.42 Å². The zero-order chi connectivity index (χ0) is 45.8. The molecule has 6 saturated heterocycles. The van der Waals surface area contributed by atoms with Crippen molar-refractivity contribution >= 4 is 107 Å². The molecule has 6 aliphatic heterocycles. The molecule has 0 radical (unpaired) electrons. The molecule has 6 fully saturated rings. The van der Waals surface area contributed by atoms with E-state index in [1.807, 2.05) is 212 Å². The quantitative estimate of drug-likeness (QED) is 0.0608. The number of benzene rings is 7. The van der Waals surface area contributed by atoms with Crippen LogP contribution in [0.4, 0.5) is 0 Å². The number of rotatable bonds is 11. The van der Waals surface area contributed by atoms with Gasteiger partial charge in [-0.15, -0.1) is 0 Å². The van der Waals surface area contributed by atoms with E-state index in [0.717, 1.165) is 0 Å². The summed E-state index contributed by atoms with van der Waals surface area (Å²) in [7, 11) is -37.7. The smallest absolute Gasteiger partial charge is 0.370 e. The molecule has 0 unspecified atom stereocenters. The molecule has 340 valence electrons. The van der Waals surface area contributed by atoms with Crippen molar-refractivity contribution in [3.8, 4) is 0 Å². The highest BCUT2D eigenvalue weighted by Gasteiger charge is 2.86. The second kappa shape index (κ2) is 17.2. The lowest BCUT2D eigenvalue weighted by Crippen LogP contribution is -2.95. The van der Waals surface area contributed by atoms with Crippen molar-refractivity contribution in [3.05, 3.63) is 223 Å². The predicted octanol–water partition coefficient (Wildman–Crippen LogP) is 3.82. The van der Waals surface area contributed by atoms with Crippen LogP contribution >= 0.6 is 0 Å². The van der Waals surface area contributed by atoms with Gasteiger partial charge in [-0.25, -0.2) is 0 Å². The van der Waals surface area contributed by atoms with Crippen molar-refractivity contribution in [1.29, 1.82) is 0 Å². The lowest BCUT2D eigenvalue weighted by molar-refractivity contribution is -0.00669. The lowest BCUT2D eigenvalue weighted by Gasteiger charge is -2.62. The van der Waals surface area contributed by atoms with Crippen LogP contribution in [0.5, 0.6) is 0 Å². The first-order valence-corrected chi connectivity index (χ1v) is 36.1. The normalized spacial score (nSPS) is 33.5. The maximum Gasteiger partial charge on any atom is 0.515 e. The SMILES string of the molecule is [N-]=[N+]=NCCC[Si]12O[Si]3(c4ccccc4)O[Si]4(c5ccccc5)O[Si](c5ccccc5)(O1)O[Si]1(c5ccccc5)O[Si](c5ccccc5)(O2)O[Si](c2ccccc2)(O3)O[Si](c2ccccc2)(O4)O1. The van der Waals surface area contributed by atoms with Crippen molar-refractivity contribution in [1.82, 2.24) is 0 Å². The Labute approximate surface area is 400 Å². The Morgan fingerprint density at radius 3 is 0.676 bits per heavy atom. The Morgan fingerprint density at radius 1 is 0.294 bits per heavy atom. The Hall–Kier alpha value is -4.89. The van der Waals surface area contributed by atoms with E-state index in [1.165, 1.54) is 0 Å². The molecule has 6 heterocycles. The Kier molecular flexibility index (Phi) is 11.2. The monoisotopic (exact) mass is 1040 g/mol. The summed E-state index contributed by atoms with van der Waals surface area (Å²) in [6.07, 6.45) is 0.255. The summed E-state index contributed by atoms with van der Waals surface area (Å²) in [6.45, 7) is 0.0841. The van der Waals surface area contributed by atoms with Gasteiger partial charge < -0.3 is 49.4 Å². The van der Waals surface area contributed by atoms with Gasteiger partial charge in [0, 0.05) is 53.8 Å². The third-order valence-electron chi connectivity index (χ3n) is 12.0. The van der Waals surface area contributed by atoms with Gasteiger partial charge in [-0.1, -0.05) is 217 Å². The van der Waals surface area contributed by atoms with E-state index in [0.29, 0.717) is 36.3 Å². The third kappa shape index (κ3) is 7.45. The highest BCUT2D eigenvalue weighted by molar-refractivity contribution is 7.13. The molecule has 0 spiro atoms. The maximum absolute atomic E-state index is 9.53. The molecule has 7 aromatic rings. The molecular formula is C45H41N3O12Si8. The second-order valence-electron chi connectivity index (χ2n) is 16.4. The molecule has 0 aliphatic carbocycles. The maximum atomic E-state index is 9.53. The highest BCUT2D eigenvalue weighted by Crippen LogP contribution is 2.49. The van der Waals surface area contributed by atoms with Gasteiger partial charge in [-0.2, -0.15) is 0 Å². The van der Waals surface area contributed by atoms with E-state index in [-0.39, 0.29) is 19.0 Å². The largest absolute Gasteiger partial charge is 0.515 e. The van der Waals surface area contributed by atoms with Crippen LogP contribution in [-0.4, -0.2) is 77.0 Å². The topological polar surface area (TPSA) is 160 Å². The van der Waals surface area contributed by atoms with Gasteiger partial charge in [-0.05, 0) is 12.0 Å². The molecular weight excluding hydrogens is 999 g/mol. The van der Waals surface area contributed by atoms with Gasteiger partial charge in [-0.3, -0.25) is 0 Å². The summed E-state index contributed by atoms with van der Waals surface area (Å²) in [6, 6.07) is 66.5. The summed E-state index contributed by atoms with van der Waals surface area (Å²) in [5.41, 5.74) is 9.53. The van der Waals surface area contributed by atoms with Gasteiger partial charge in [0.2, 0.25) is 0 Å². The van der Waals surface area contributed by atoms with Crippen LogP contribution < -0.4 is 36.3 Å². The predicted molar refractivity (Wildman–Crippen MR) is 265 cm³/mol. The highest BCUT2D eigenvalue weighted by atomic mass is 28.6. The zero-order valence-electron chi connectivity index (χ0n) is 36.1. The molecule has 8 bridgehead atoms. The minimum absolute atomic E-state index is 0.0634. The minimum Gasteiger partial charge on any atom is -0.370 e. The molecule has 6 aliphatic rings. The molecule has 0 atom stereocenters. The number of hydrogen-bond acceptors (Lipinski definition) is 13. The van der Waals surface area contributed by atoms with Crippen molar-refractivity contribution in [3.63, 3.8) is 0 Å². The molecule has 0 amide bonds. The average Bonchev–Trinajstić information content (AvgIpc) is 3.36. The van der Waals surface area contributed by atoms with E-state index in [2.05, 4.69) is 10.0 Å². The first-order valence-electron chi connectivity index (χ1n) is 22.1. The molecule has 68 heavy (non-hydrogen) atoms. The molecule has 13 rings (SSSR count). The Bertz CT molecular complexity index is 2680. The average molecular weight is 1040 g/mol. The summed E-state index contributed by atoms with van der Waals surface area (Å²) < 4.78 is 96.2. The van der Waals surface area contributed by atoms with Gasteiger partial charge in [0.05, 0.1) is 0 Å². The lowest BCUT2D eigenvalue weighted by atomic mass is 10.4. The molecule has 0 N–H and O–H groups in total. The van der Waals surface area contributed by atoms with Crippen LogP contribution in [0.3, 0.4) is 0 Å². The number of hydrogen-bond donors (Lipinski definition) is 0. The van der Waals surface area contributed by atoms with Crippen molar-refractivity contribution in [2.45, 2.75) is 12.5 Å². The van der Waals surface area contributed by atoms with Gasteiger partial charge in [0.25, 0.3) is 0 Å². The molecule has 7 aromatic carbocycles. The number of azide groups is 1. The van der Waals surface area contributed by atoms with Gasteiger partial charge in [0.15, 0.2) is 0 Å². The fraction of sp³-hybridized carbons (Fsp3) is 0.0667. The zero-order valence-corrected chi connectivity index (χ0v) is 44.1. The third-order valence-corrected chi connectivity index (χ3v) is 46.5. The Balaban J connectivity index is 1.28. The van der Waals surface area contributed by atoms with E-state index in [1.54, 1.807) is 0 Å². The van der Waals surface area contributed by atoms with E-state index >= 15 is 0 Å². The van der Waals surface area contributed by atoms with E-state index < -0.39 is 70.4 Å². The number of nitrogens with zero attached hydrogens (tertiary/aromatic N) is 3. The van der Waals surface area contributed by atoms with Crippen LogP contribution in [0.2, 0.25) is 6.04 Å². The second-order valence-corrected chi connectivity index (χ2v) is 39.9. The van der Waals surface area contributed by atoms with Gasteiger partial charge in [0.1, 0.15) is 0 Å². The van der Waals surface area contributed by atoms with Crippen LogP contribution in [0, 0.1) is 0 Å². The molecule has 15 nitrogen and oxygen atoms in total. The molecule has 23 heteroatoms. The van der Waals surface area contributed by atoms with Crippen molar-refractivity contribution < 1.29 is 49.4 Å². The summed E-state index contributed by atoms with van der Waals surface area (Å²) in [5, 5.41) is 7.76. The summed E-state index contributed by atoms with van der Waals surface area (Å²) in [5.74, 6) is 0. The van der Waals surface area contributed by atoms with Gasteiger partial charge >= 0.3 is 70.4 Å². The standard InChI is InChI=1S/C45H41N3O12Si8/c46-48-47-37-22-38-61-49-62(39-23-8-1-9-24-39)52-65(42-29-14-4-15-30-42)54-63(50-61,40-25-10-2-11-26-40)56-67(44-33-18-6-19-34-44)57-64(51-61,41-27-12-3-13-28-41)55-66(53-62,43-31-16-5-17-32-43)59-68(58-65,60-67)45-35-20-7-21-36-45/h1-21,23-36H,22,37-38H2. The first-order chi connectivity index (χ1) is 33.3. The summed E-state index contributed by atoms with van der Waals surface area (Å²) >= 11 is 0. The molecule has 0 aromatic heterocycles. The first kappa shape index (κ1) is 44.3. The van der Waals surface area contributed by atoms with E-state index in [4.69, 9.17) is 49.4 Å². The fourth-order valence-electron chi connectivity index (χ4n) is 9.00. The summed E-state index contributed by atoms with van der Waals surface area (Å²) in [4.78, 5) is 3.08. The van der Waals surface area contributed by atoms with Crippen molar-refractivity contribution in [2.75, 3.05) is 6.54 Å². The Morgan fingerprint density at radius 2 is 0.485 bits per heavy atom. The fourth-order valence-corrected chi connectivity index (χ4v) is 55.6. The van der Waals surface area contributed by atoms with E-state index in [9.17, 15) is 5.53 Å². The van der Waals surface area contributed by atoms with Crippen LogP contribution in [-0.2, 0) is 49.4 Å². The minimum atomic E-state index is -4.75. The van der Waals surface area contributed by atoms with Crippen LogP contribution in [0.25, 0.3) is 10.4 Å². The molecule has 0 saturated carbocycles. The van der Waals surface area contributed by atoms with Crippen molar-refractivity contribution in [2.24, 2.45) is 5.11 Å². The van der Waals surface area contributed by atoms with Crippen LogP contribution in [0.15, 0.2) is 217 Å².